The van der Waals surface area contributed by atoms with Crippen molar-refractivity contribution in [2.45, 2.75) is 33.6 Å². The first-order valence-corrected chi connectivity index (χ1v) is 7.49. The van der Waals surface area contributed by atoms with E-state index >= 15 is 0 Å². The van der Waals surface area contributed by atoms with Crippen LogP contribution >= 0.6 is 11.6 Å². The highest BCUT2D eigenvalue weighted by Gasteiger charge is 2.25. The molecule has 1 aliphatic rings. The van der Waals surface area contributed by atoms with E-state index in [2.05, 4.69) is 19.1 Å². The predicted octanol–water partition coefficient (Wildman–Crippen LogP) is 3.70. The van der Waals surface area contributed by atoms with Gasteiger partial charge in [-0.25, -0.2) is 0 Å². The van der Waals surface area contributed by atoms with Gasteiger partial charge in [-0.2, -0.15) is 0 Å². The van der Waals surface area contributed by atoms with Gasteiger partial charge in [-0.15, -0.1) is 11.6 Å². The van der Waals surface area contributed by atoms with E-state index in [9.17, 15) is 4.79 Å². The number of amides is 1. The van der Waals surface area contributed by atoms with E-state index in [1.165, 1.54) is 5.56 Å². The molecule has 0 radical (unpaired) electrons. The van der Waals surface area contributed by atoms with E-state index in [1.807, 2.05) is 18.7 Å². The van der Waals surface area contributed by atoms with Gasteiger partial charge in [0.15, 0.2) is 0 Å². The Labute approximate surface area is 120 Å². The van der Waals surface area contributed by atoms with Gasteiger partial charge in [-0.3, -0.25) is 4.79 Å². The zero-order chi connectivity index (χ0) is 14.0. The molecule has 1 amide bonds. The molecule has 19 heavy (non-hydrogen) atoms. The van der Waals surface area contributed by atoms with Crippen molar-refractivity contribution in [1.29, 1.82) is 0 Å². The van der Waals surface area contributed by atoms with Gasteiger partial charge in [-0.05, 0) is 50.7 Å². The van der Waals surface area contributed by atoms with E-state index in [0.29, 0.717) is 11.8 Å². The van der Waals surface area contributed by atoms with Crippen LogP contribution in [0, 0.1) is 26.7 Å². The van der Waals surface area contributed by atoms with Gasteiger partial charge >= 0.3 is 0 Å². The van der Waals surface area contributed by atoms with Gasteiger partial charge in [0.05, 0.1) is 0 Å². The maximum Gasteiger partial charge on any atom is 0.254 e. The molecular weight excluding hydrogens is 258 g/mol. The first-order valence-electron chi connectivity index (χ1n) is 6.96. The molecule has 0 spiro atoms. The Morgan fingerprint density at radius 3 is 2.53 bits per heavy atom. The highest BCUT2D eigenvalue weighted by atomic mass is 35.5. The normalized spacial score (nSPS) is 19.6. The Kier molecular flexibility index (Phi) is 4.51. The molecule has 1 saturated heterocycles. The number of nitrogens with zero attached hydrogens (tertiary/aromatic N) is 1. The Bertz CT molecular complexity index is 461. The van der Waals surface area contributed by atoms with E-state index in [0.717, 1.165) is 42.6 Å². The summed E-state index contributed by atoms with van der Waals surface area (Å²) in [7, 11) is 0. The minimum atomic E-state index is 0.171. The second-order valence-electron chi connectivity index (χ2n) is 5.69. The van der Waals surface area contributed by atoms with Crippen molar-refractivity contribution in [3.8, 4) is 0 Å². The third kappa shape index (κ3) is 3.11. The second-order valence-corrected chi connectivity index (χ2v) is 6.00. The number of likely N-dealkylation sites (tertiary alicyclic amines) is 1. The lowest BCUT2D eigenvalue weighted by molar-refractivity contribution is 0.0683. The quantitative estimate of drug-likeness (QED) is 0.756. The highest BCUT2D eigenvalue weighted by Crippen LogP contribution is 2.23. The van der Waals surface area contributed by atoms with Gasteiger partial charge < -0.3 is 4.90 Å². The molecular formula is C16H22ClNO. The smallest absolute Gasteiger partial charge is 0.254 e. The molecule has 0 aromatic heterocycles. The molecule has 3 heteroatoms. The molecule has 0 bridgehead atoms. The number of hydrogen-bond acceptors (Lipinski definition) is 1. The zero-order valence-corrected chi connectivity index (χ0v) is 12.8. The van der Waals surface area contributed by atoms with E-state index < -0.39 is 0 Å². The Hall–Kier alpha value is -1.02. The molecule has 0 aliphatic carbocycles. The lowest BCUT2D eigenvalue weighted by Crippen LogP contribution is -2.41. The number of hydrogen-bond donors (Lipinski definition) is 0. The van der Waals surface area contributed by atoms with Crippen molar-refractivity contribution in [3.63, 3.8) is 0 Å². The lowest BCUT2D eigenvalue weighted by atomic mass is 9.95. The maximum absolute atomic E-state index is 12.7. The number of carbonyl (C=O) groups excluding carboxylic acids is 1. The minimum absolute atomic E-state index is 0.171. The van der Waals surface area contributed by atoms with Crippen LogP contribution in [0.15, 0.2) is 12.1 Å². The summed E-state index contributed by atoms with van der Waals surface area (Å²) in [5, 5.41) is 0. The molecule has 1 aromatic carbocycles. The fraction of sp³-hybridized carbons (Fsp3) is 0.562. The lowest BCUT2D eigenvalue weighted by Gasteiger charge is -2.32. The average molecular weight is 280 g/mol. The number of benzene rings is 1. The van der Waals surface area contributed by atoms with Gasteiger partial charge in [0.25, 0.3) is 5.91 Å². The van der Waals surface area contributed by atoms with Crippen LogP contribution in [-0.2, 0) is 0 Å². The van der Waals surface area contributed by atoms with E-state index in [-0.39, 0.29) is 5.91 Å². The van der Waals surface area contributed by atoms with Gasteiger partial charge in [-0.1, -0.05) is 17.7 Å². The molecule has 2 nitrogen and oxygen atoms in total. The van der Waals surface area contributed by atoms with E-state index in [1.54, 1.807) is 0 Å². The summed E-state index contributed by atoms with van der Waals surface area (Å²) in [6.07, 6.45) is 2.20. The van der Waals surface area contributed by atoms with Gasteiger partial charge in [0, 0.05) is 24.5 Å². The summed E-state index contributed by atoms with van der Waals surface area (Å²) in [5.74, 6) is 1.27. The molecule has 0 N–H and O–H groups in total. The van der Waals surface area contributed by atoms with Crippen LogP contribution in [0.4, 0.5) is 0 Å². The Balaban J connectivity index is 2.24. The van der Waals surface area contributed by atoms with Crippen LogP contribution in [0.25, 0.3) is 0 Å². The van der Waals surface area contributed by atoms with Crippen molar-refractivity contribution in [2.75, 3.05) is 19.0 Å². The molecule has 1 atom stereocenters. The van der Waals surface area contributed by atoms with Crippen molar-refractivity contribution in [1.82, 2.24) is 4.90 Å². The van der Waals surface area contributed by atoms with Crippen LogP contribution in [0.1, 0.15) is 39.9 Å². The van der Waals surface area contributed by atoms with Crippen LogP contribution in [0.2, 0.25) is 0 Å². The fourth-order valence-electron chi connectivity index (χ4n) is 3.05. The molecule has 1 heterocycles. The number of halogens is 1. The third-order valence-electron chi connectivity index (χ3n) is 3.92. The molecule has 104 valence electrons. The largest absolute Gasteiger partial charge is 0.338 e. The molecule has 2 rings (SSSR count). The predicted molar refractivity (Wildman–Crippen MR) is 80.0 cm³/mol. The zero-order valence-electron chi connectivity index (χ0n) is 12.0. The summed E-state index contributed by atoms with van der Waals surface area (Å²) >= 11 is 5.94. The first-order chi connectivity index (χ1) is 9.02. The minimum Gasteiger partial charge on any atom is -0.338 e. The number of aryl methyl sites for hydroxylation is 3. The molecule has 1 aromatic rings. The summed E-state index contributed by atoms with van der Waals surface area (Å²) in [6.45, 7) is 7.78. The number of rotatable bonds is 2. The van der Waals surface area contributed by atoms with Crippen LogP contribution in [-0.4, -0.2) is 29.8 Å². The SMILES string of the molecule is Cc1cc(C)c(C(=O)N2CCCC(CCl)C2)c(C)c1. The highest BCUT2D eigenvalue weighted by molar-refractivity contribution is 6.18. The number of carbonyl (C=O) groups is 1. The van der Waals surface area contributed by atoms with E-state index in [4.69, 9.17) is 11.6 Å². The van der Waals surface area contributed by atoms with Crippen LogP contribution < -0.4 is 0 Å². The van der Waals surface area contributed by atoms with Crippen molar-refractivity contribution >= 4 is 17.5 Å². The summed E-state index contributed by atoms with van der Waals surface area (Å²) in [6, 6.07) is 4.17. The number of piperidine rings is 1. The average Bonchev–Trinajstić information content (AvgIpc) is 2.37. The Morgan fingerprint density at radius 1 is 1.32 bits per heavy atom. The molecule has 1 aliphatic heterocycles. The van der Waals surface area contributed by atoms with Gasteiger partial charge in [0.1, 0.15) is 0 Å². The van der Waals surface area contributed by atoms with Crippen LogP contribution in [0.5, 0.6) is 0 Å². The maximum atomic E-state index is 12.7. The van der Waals surface area contributed by atoms with Gasteiger partial charge in [0.2, 0.25) is 0 Å². The Morgan fingerprint density at radius 2 is 1.95 bits per heavy atom. The van der Waals surface area contributed by atoms with Crippen molar-refractivity contribution in [3.05, 3.63) is 34.4 Å². The second kappa shape index (κ2) is 5.96. The van der Waals surface area contributed by atoms with Crippen LogP contribution in [0.3, 0.4) is 0 Å². The summed E-state index contributed by atoms with van der Waals surface area (Å²) < 4.78 is 0. The standard InChI is InChI=1S/C16H22ClNO/c1-11-7-12(2)15(13(3)8-11)16(19)18-6-4-5-14(9-17)10-18/h7-8,14H,4-6,9-10H2,1-3H3. The molecule has 1 fully saturated rings. The summed E-state index contributed by atoms with van der Waals surface area (Å²) in [5.41, 5.74) is 4.25. The third-order valence-corrected chi connectivity index (χ3v) is 4.35. The monoisotopic (exact) mass is 279 g/mol. The van der Waals surface area contributed by atoms with Crippen molar-refractivity contribution in [2.24, 2.45) is 5.92 Å². The first kappa shape index (κ1) is 14.4. The topological polar surface area (TPSA) is 20.3 Å². The summed E-state index contributed by atoms with van der Waals surface area (Å²) in [4.78, 5) is 14.7. The molecule has 0 saturated carbocycles. The van der Waals surface area contributed by atoms with Crippen molar-refractivity contribution < 1.29 is 4.79 Å². The molecule has 1 unspecified atom stereocenters. The fourth-order valence-corrected chi connectivity index (χ4v) is 3.30. The number of alkyl halides is 1.